The molecule has 0 radical (unpaired) electrons. The maximum atomic E-state index is 6.25. The molecule has 0 aliphatic carbocycles. The third kappa shape index (κ3) is 3.30. The summed E-state index contributed by atoms with van der Waals surface area (Å²) < 4.78 is 0. The van der Waals surface area contributed by atoms with Gasteiger partial charge in [-0.1, -0.05) is 67.1 Å². The SMILES string of the molecule is ClC[C@H]1CCCCN1C(c1ccccc1)c1ccccc1. The molecule has 1 aliphatic rings. The lowest BCUT2D eigenvalue weighted by molar-refractivity contribution is 0.127. The van der Waals surface area contributed by atoms with E-state index in [0.717, 1.165) is 12.4 Å². The second-order valence-electron chi connectivity index (χ2n) is 5.77. The molecule has 2 heteroatoms. The van der Waals surface area contributed by atoms with E-state index in [-0.39, 0.29) is 0 Å². The molecule has 3 rings (SSSR count). The number of alkyl halides is 1. The lowest BCUT2D eigenvalue weighted by atomic mass is 9.92. The molecule has 1 atom stereocenters. The number of rotatable bonds is 4. The molecule has 0 N–H and O–H groups in total. The highest BCUT2D eigenvalue weighted by Crippen LogP contribution is 2.34. The van der Waals surface area contributed by atoms with Gasteiger partial charge in [0, 0.05) is 11.9 Å². The molecule has 1 nitrogen and oxygen atoms in total. The van der Waals surface area contributed by atoms with Gasteiger partial charge in [-0.25, -0.2) is 0 Å². The molecule has 1 heterocycles. The summed E-state index contributed by atoms with van der Waals surface area (Å²) in [4.78, 5) is 2.60. The lowest BCUT2D eigenvalue weighted by Gasteiger charge is -2.41. The van der Waals surface area contributed by atoms with Crippen molar-refractivity contribution in [2.75, 3.05) is 12.4 Å². The van der Waals surface area contributed by atoms with Gasteiger partial charge in [0.1, 0.15) is 0 Å². The van der Waals surface area contributed by atoms with Crippen LogP contribution in [0, 0.1) is 0 Å². The molecule has 0 amide bonds. The van der Waals surface area contributed by atoms with Crippen LogP contribution in [0.15, 0.2) is 60.7 Å². The summed E-state index contributed by atoms with van der Waals surface area (Å²) in [6, 6.07) is 22.4. The van der Waals surface area contributed by atoms with Crippen LogP contribution in [0.4, 0.5) is 0 Å². The summed E-state index contributed by atoms with van der Waals surface area (Å²) in [5.74, 6) is 0.718. The molecule has 1 fully saturated rings. The third-order valence-electron chi connectivity index (χ3n) is 4.41. The monoisotopic (exact) mass is 299 g/mol. The molecule has 1 aliphatic heterocycles. The predicted molar refractivity (Wildman–Crippen MR) is 89.8 cm³/mol. The first-order valence-corrected chi connectivity index (χ1v) is 8.35. The summed E-state index contributed by atoms with van der Waals surface area (Å²) in [5, 5.41) is 0. The number of halogens is 1. The van der Waals surface area contributed by atoms with Gasteiger partial charge in [-0.3, -0.25) is 4.90 Å². The van der Waals surface area contributed by atoms with Gasteiger partial charge in [0.25, 0.3) is 0 Å². The molecule has 1 saturated heterocycles. The lowest BCUT2D eigenvalue weighted by Crippen LogP contribution is -2.43. The van der Waals surface area contributed by atoms with Crippen molar-refractivity contribution in [1.29, 1.82) is 0 Å². The molecular weight excluding hydrogens is 278 g/mol. The average Bonchev–Trinajstić information content (AvgIpc) is 2.58. The van der Waals surface area contributed by atoms with Gasteiger partial charge in [0.2, 0.25) is 0 Å². The molecule has 0 aromatic heterocycles. The van der Waals surface area contributed by atoms with Crippen LogP contribution < -0.4 is 0 Å². The standard InChI is InChI=1S/C19H22ClN/c20-15-18-13-7-8-14-21(18)19(16-9-3-1-4-10-16)17-11-5-2-6-12-17/h1-6,9-12,18-19H,7-8,13-15H2/t18-/m1/s1. The van der Waals surface area contributed by atoms with Crippen molar-refractivity contribution in [3.8, 4) is 0 Å². The summed E-state index contributed by atoms with van der Waals surface area (Å²) in [5.41, 5.74) is 2.72. The van der Waals surface area contributed by atoms with Crippen molar-refractivity contribution in [3.63, 3.8) is 0 Å². The zero-order chi connectivity index (χ0) is 14.5. The minimum absolute atomic E-state index is 0.316. The maximum absolute atomic E-state index is 6.25. The highest BCUT2D eigenvalue weighted by molar-refractivity contribution is 6.18. The number of piperidine rings is 1. The minimum Gasteiger partial charge on any atom is -0.288 e. The van der Waals surface area contributed by atoms with Crippen molar-refractivity contribution in [3.05, 3.63) is 71.8 Å². The average molecular weight is 300 g/mol. The molecule has 2 aromatic carbocycles. The van der Waals surface area contributed by atoms with Crippen LogP contribution in [-0.2, 0) is 0 Å². The molecule has 0 saturated carbocycles. The Hall–Kier alpha value is -1.31. The Morgan fingerprint density at radius 1 is 0.905 bits per heavy atom. The van der Waals surface area contributed by atoms with Gasteiger partial charge in [-0.2, -0.15) is 0 Å². The van der Waals surface area contributed by atoms with Crippen LogP contribution in [0.3, 0.4) is 0 Å². The highest BCUT2D eigenvalue weighted by atomic mass is 35.5. The van der Waals surface area contributed by atoms with E-state index in [2.05, 4.69) is 65.6 Å². The van der Waals surface area contributed by atoms with Crippen LogP contribution in [0.1, 0.15) is 36.4 Å². The van der Waals surface area contributed by atoms with Crippen molar-refractivity contribution in [2.24, 2.45) is 0 Å². The van der Waals surface area contributed by atoms with Gasteiger partial charge >= 0.3 is 0 Å². The normalized spacial score (nSPS) is 19.8. The Morgan fingerprint density at radius 3 is 2.00 bits per heavy atom. The Labute approximate surface area is 132 Å². The maximum Gasteiger partial charge on any atom is 0.0604 e. The summed E-state index contributed by atoms with van der Waals surface area (Å²) >= 11 is 6.25. The summed E-state index contributed by atoms with van der Waals surface area (Å²) in [7, 11) is 0. The Balaban J connectivity index is 2.00. The van der Waals surface area contributed by atoms with Crippen LogP contribution in [-0.4, -0.2) is 23.4 Å². The largest absolute Gasteiger partial charge is 0.288 e. The van der Waals surface area contributed by atoms with E-state index >= 15 is 0 Å². The zero-order valence-corrected chi connectivity index (χ0v) is 13.0. The van der Waals surface area contributed by atoms with E-state index in [4.69, 9.17) is 11.6 Å². The van der Waals surface area contributed by atoms with E-state index in [1.807, 2.05) is 0 Å². The molecule has 21 heavy (non-hydrogen) atoms. The minimum atomic E-state index is 0.316. The van der Waals surface area contributed by atoms with Gasteiger partial charge in [-0.15, -0.1) is 11.6 Å². The molecule has 0 spiro atoms. The summed E-state index contributed by atoms with van der Waals surface area (Å²) in [6.45, 7) is 1.13. The molecule has 0 bridgehead atoms. The topological polar surface area (TPSA) is 3.24 Å². The Morgan fingerprint density at radius 2 is 1.48 bits per heavy atom. The number of benzene rings is 2. The zero-order valence-electron chi connectivity index (χ0n) is 12.3. The quantitative estimate of drug-likeness (QED) is 0.728. The van der Waals surface area contributed by atoms with E-state index in [1.54, 1.807) is 0 Å². The number of nitrogens with zero attached hydrogens (tertiary/aromatic N) is 1. The first-order valence-electron chi connectivity index (χ1n) is 7.82. The fourth-order valence-corrected chi connectivity index (χ4v) is 3.71. The van der Waals surface area contributed by atoms with Gasteiger partial charge in [-0.05, 0) is 30.5 Å². The Kier molecular flexibility index (Phi) is 4.95. The molecular formula is C19H22ClN. The first kappa shape index (κ1) is 14.6. The highest BCUT2D eigenvalue weighted by Gasteiger charge is 2.30. The molecule has 110 valence electrons. The molecule has 0 unspecified atom stereocenters. The third-order valence-corrected chi connectivity index (χ3v) is 4.77. The second-order valence-corrected chi connectivity index (χ2v) is 6.07. The van der Waals surface area contributed by atoms with Crippen LogP contribution in [0.25, 0.3) is 0 Å². The van der Waals surface area contributed by atoms with Crippen molar-refractivity contribution in [2.45, 2.75) is 31.3 Å². The van der Waals surface area contributed by atoms with Crippen LogP contribution in [0.2, 0.25) is 0 Å². The van der Waals surface area contributed by atoms with E-state index < -0.39 is 0 Å². The number of hydrogen-bond acceptors (Lipinski definition) is 1. The fourth-order valence-electron chi connectivity index (χ4n) is 3.37. The van der Waals surface area contributed by atoms with Gasteiger partial charge in [0.15, 0.2) is 0 Å². The number of likely N-dealkylation sites (tertiary alicyclic amines) is 1. The van der Waals surface area contributed by atoms with Crippen LogP contribution >= 0.6 is 11.6 Å². The predicted octanol–water partition coefficient (Wildman–Crippen LogP) is 4.87. The van der Waals surface area contributed by atoms with E-state index in [9.17, 15) is 0 Å². The fraction of sp³-hybridized carbons (Fsp3) is 0.368. The molecule has 2 aromatic rings. The van der Waals surface area contributed by atoms with E-state index in [0.29, 0.717) is 12.1 Å². The van der Waals surface area contributed by atoms with Crippen molar-refractivity contribution in [1.82, 2.24) is 4.90 Å². The van der Waals surface area contributed by atoms with Gasteiger partial charge in [0.05, 0.1) is 6.04 Å². The van der Waals surface area contributed by atoms with Crippen molar-refractivity contribution < 1.29 is 0 Å². The summed E-state index contributed by atoms with van der Waals surface area (Å²) in [6.07, 6.45) is 3.77. The smallest absolute Gasteiger partial charge is 0.0604 e. The van der Waals surface area contributed by atoms with Crippen molar-refractivity contribution >= 4 is 11.6 Å². The first-order chi connectivity index (χ1) is 10.4. The number of hydrogen-bond donors (Lipinski definition) is 0. The van der Waals surface area contributed by atoms with Gasteiger partial charge < -0.3 is 0 Å². The second kappa shape index (κ2) is 7.11. The Bertz CT molecular complexity index is 501. The van der Waals surface area contributed by atoms with E-state index in [1.165, 1.54) is 30.4 Å². The van der Waals surface area contributed by atoms with Crippen LogP contribution in [0.5, 0.6) is 0 Å².